The smallest absolute Gasteiger partial charge is 0.387 e. The first-order valence-corrected chi connectivity index (χ1v) is 10.1. The third-order valence-corrected chi connectivity index (χ3v) is 5.45. The number of alkyl halides is 2. The van der Waals surface area contributed by atoms with Crippen LogP contribution in [0.3, 0.4) is 0 Å². The molecule has 0 radical (unpaired) electrons. The van der Waals surface area contributed by atoms with E-state index in [0.29, 0.717) is 5.82 Å². The van der Waals surface area contributed by atoms with E-state index in [1.807, 2.05) is 18.2 Å². The minimum atomic E-state index is -2.85. The first kappa shape index (κ1) is 19.6. The Kier molecular flexibility index (Phi) is 5.33. The molecule has 9 heteroatoms. The van der Waals surface area contributed by atoms with E-state index in [-0.39, 0.29) is 18.0 Å². The quantitative estimate of drug-likeness (QED) is 0.633. The first-order chi connectivity index (χ1) is 15.1. The molecule has 2 atom stereocenters. The molecule has 4 heterocycles. The number of hydrogen-bond acceptors (Lipinski definition) is 7. The van der Waals surface area contributed by atoms with E-state index in [9.17, 15) is 8.78 Å². The Labute approximate surface area is 178 Å². The maximum absolute atomic E-state index is 12.3. The van der Waals surface area contributed by atoms with Gasteiger partial charge in [0.2, 0.25) is 0 Å². The van der Waals surface area contributed by atoms with Gasteiger partial charge in [0.05, 0.1) is 18.4 Å². The van der Waals surface area contributed by atoms with E-state index in [1.54, 1.807) is 24.5 Å². The SMILES string of the molecule is FC(F)Oc1ccc(-c2cnnc(Nc3ccnc(N4CC5CCC(C4)O5)c3)c2)cc1. The van der Waals surface area contributed by atoms with Crippen LogP contribution in [-0.2, 0) is 4.74 Å². The molecule has 160 valence electrons. The van der Waals surface area contributed by atoms with Crippen LogP contribution in [0.4, 0.5) is 26.1 Å². The molecule has 0 aliphatic carbocycles. The highest BCUT2D eigenvalue weighted by atomic mass is 19.3. The van der Waals surface area contributed by atoms with Gasteiger partial charge in [-0.05, 0) is 42.7 Å². The number of halogens is 2. The lowest BCUT2D eigenvalue weighted by atomic mass is 10.1. The van der Waals surface area contributed by atoms with Crippen molar-refractivity contribution in [3.05, 3.63) is 54.9 Å². The second-order valence-corrected chi connectivity index (χ2v) is 7.62. The number of morpholine rings is 1. The molecule has 2 bridgehead atoms. The summed E-state index contributed by atoms with van der Waals surface area (Å²) in [7, 11) is 0. The first-order valence-electron chi connectivity index (χ1n) is 10.1. The summed E-state index contributed by atoms with van der Waals surface area (Å²) in [6, 6.07) is 12.1. The molecule has 1 N–H and O–H groups in total. The number of nitrogens with one attached hydrogen (secondary N) is 1. The Bertz CT molecular complexity index is 1040. The van der Waals surface area contributed by atoms with Gasteiger partial charge in [-0.1, -0.05) is 12.1 Å². The Balaban J connectivity index is 1.31. The van der Waals surface area contributed by atoms with Gasteiger partial charge in [-0.15, -0.1) is 5.10 Å². The number of anilines is 3. The van der Waals surface area contributed by atoms with Gasteiger partial charge >= 0.3 is 6.61 Å². The molecule has 2 saturated heterocycles. The lowest BCUT2D eigenvalue weighted by molar-refractivity contribution is -0.0498. The van der Waals surface area contributed by atoms with Crippen LogP contribution in [0.25, 0.3) is 11.1 Å². The lowest BCUT2D eigenvalue weighted by Gasteiger charge is -2.33. The van der Waals surface area contributed by atoms with Gasteiger partial charge in [-0.2, -0.15) is 13.9 Å². The number of nitrogens with zero attached hydrogens (tertiary/aromatic N) is 4. The van der Waals surface area contributed by atoms with E-state index in [1.165, 1.54) is 12.1 Å². The lowest BCUT2D eigenvalue weighted by Crippen LogP contribution is -2.43. The number of rotatable bonds is 6. The third kappa shape index (κ3) is 4.56. The predicted octanol–water partition coefficient (Wildman–Crippen LogP) is 4.25. The van der Waals surface area contributed by atoms with Gasteiger partial charge in [-0.25, -0.2) is 4.98 Å². The van der Waals surface area contributed by atoms with E-state index in [4.69, 9.17) is 4.74 Å². The molecule has 0 saturated carbocycles. The van der Waals surface area contributed by atoms with Crippen LogP contribution in [0.2, 0.25) is 0 Å². The summed E-state index contributed by atoms with van der Waals surface area (Å²) in [6.07, 6.45) is 6.19. The predicted molar refractivity (Wildman–Crippen MR) is 112 cm³/mol. The van der Waals surface area contributed by atoms with Crippen molar-refractivity contribution in [1.29, 1.82) is 0 Å². The molecule has 2 aromatic heterocycles. The topological polar surface area (TPSA) is 72.4 Å². The average Bonchev–Trinajstić information content (AvgIpc) is 3.11. The molecule has 2 fully saturated rings. The monoisotopic (exact) mass is 425 g/mol. The zero-order valence-electron chi connectivity index (χ0n) is 16.6. The summed E-state index contributed by atoms with van der Waals surface area (Å²) in [4.78, 5) is 6.79. The van der Waals surface area contributed by atoms with Crippen molar-refractivity contribution in [2.24, 2.45) is 0 Å². The fraction of sp³-hybridized carbons (Fsp3) is 0.318. The highest BCUT2D eigenvalue weighted by Crippen LogP contribution is 2.30. The average molecular weight is 425 g/mol. The van der Waals surface area contributed by atoms with Crippen LogP contribution in [-0.4, -0.2) is 47.1 Å². The summed E-state index contributed by atoms with van der Waals surface area (Å²) in [5.41, 5.74) is 2.48. The Morgan fingerprint density at radius 2 is 1.81 bits per heavy atom. The summed E-state index contributed by atoms with van der Waals surface area (Å²) >= 11 is 0. The maximum atomic E-state index is 12.3. The fourth-order valence-corrected chi connectivity index (χ4v) is 4.03. The molecule has 0 amide bonds. The number of benzene rings is 1. The second-order valence-electron chi connectivity index (χ2n) is 7.62. The van der Waals surface area contributed by atoms with Crippen molar-refractivity contribution in [2.45, 2.75) is 31.7 Å². The van der Waals surface area contributed by atoms with Crippen molar-refractivity contribution in [1.82, 2.24) is 15.2 Å². The molecule has 3 aromatic rings. The van der Waals surface area contributed by atoms with Crippen LogP contribution in [0.15, 0.2) is 54.9 Å². The molecule has 5 rings (SSSR count). The standard InChI is InChI=1S/C22H21F2N5O2/c23-22(24)31-17-3-1-14(2-4-17)15-9-20(28-26-11-15)27-16-7-8-25-21(10-16)29-12-18-5-6-19(13-29)30-18/h1-4,7-11,18-19,22H,5-6,12-13H2,(H,25,27,28). The Morgan fingerprint density at radius 3 is 2.55 bits per heavy atom. The summed E-state index contributed by atoms with van der Waals surface area (Å²) in [6.45, 7) is -1.14. The van der Waals surface area contributed by atoms with Gasteiger partial charge < -0.3 is 19.7 Å². The van der Waals surface area contributed by atoms with E-state index in [0.717, 1.165) is 48.6 Å². The van der Waals surface area contributed by atoms with Crippen LogP contribution >= 0.6 is 0 Å². The highest BCUT2D eigenvalue weighted by molar-refractivity contribution is 5.68. The van der Waals surface area contributed by atoms with Gasteiger partial charge in [0, 0.05) is 36.6 Å². The number of hydrogen-bond donors (Lipinski definition) is 1. The van der Waals surface area contributed by atoms with Gasteiger partial charge in [0.15, 0.2) is 5.82 Å². The molecule has 2 aliphatic heterocycles. The van der Waals surface area contributed by atoms with Gasteiger partial charge in [0.25, 0.3) is 0 Å². The molecule has 0 spiro atoms. The van der Waals surface area contributed by atoms with Crippen molar-refractivity contribution in [3.8, 4) is 16.9 Å². The van der Waals surface area contributed by atoms with Crippen LogP contribution in [0.5, 0.6) is 5.75 Å². The number of ether oxygens (including phenoxy) is 2. The van der Waals surface area contributed by atoms with E-state index in [2.05, 4.69) is 30.1 Å². The third-order valence-electron chi connectivity index (χ3n) is 5.45. The molecule has 31 heavy (non-hydrogen) atoms. The highest BCUT2D eigenvalue weighted by Gasteiger charge is 2.34. The minimum absolute atomic E-state index is 0.111. The summed E-state index contributed by atoms with van der Waals surface area (Å²) in [5.74, 6) is 1.59. The van der Waals surface area contributed by atoms with Crippen molar-refractivity contribution >= 4 is 17.3 Å². The van der Waals surface area contributed by atoms with E-state index < -0.39 is 6.61 Å². The maximum Gasteiger partial charge on any atom is 0.387 e. The zero-order chi connectivity index (χ0) is 21.2. The molecule has 7 nitrogen and oxygen atoms in total. The largest absolute Gasteiger partial charge is 0.435 e. The van der Waals surface area contributed by atoms with Crippen LogP contribution in [0.1, 0.15) is 12.8 Å². The van der Waals surface area contributed by atoms with Gasteiger partial charge in [0.1, 0.15) is 11.6 Å². The normalized spacial score (nSPS) is 20.2. The molecular weight excluding hydrogens is 404 g/mol. The second kappa shape index (κ2) is 8.43. The Hall–Kier alpha value is -3.33. The van der Waals surface area contributed by atoms with Crippen LogP contribution < -0.4 is 15.0 Å². The number of aromatic nitrogens is 3. The van der Waals surface area contributed by atoms with E-state index >= 15 is 0 Å². The minimum Gasteiger partial charge on any atom is -0.435 e. The summed E-state index contributed by atoms with van der Waals surface area (Å²) in [5, 5.41) is 11.5. The van der Waals surface area contributed by atoms with Crippen molar-refractivity contribution in [2.75, 3.05) is 23.3 Å². The van der Waals surface area contributed by atoms with Crippen molar-refractivity contribution in [3.63, 3.8) is 0 Å². The summed E-state index contributed by atoms with van der Waals surface area (Å²) < 4.78 is 35.0. The Morgan fingerprint density at radius 1 is 1.03 bits per heavy atom. The molecule has 1 aromatic carbocycles. The number of fused-ring (bicyclic) bond motifs is 2. The molecule has 2 aliphatic rings. The van der Waals surface area contributed by atoms with Crippen LogP contribution in [0, 0.1) is 0 Å². The van der Waals surface area contributed by atoms with Gasteiger partial charge in [-0.3, -0.25) is 0 Å². The fourth-order valence-electron chi connectivity index (χ4n) is 4.03. The molecule has 2 unspecified atom stereocenters. The number of pyridine rings is 1. The van der Waals surface area contributed by atoms with Crippen molar-refractivity contribution < 1.29 is 18.3 Å². The zero-order valence-corrected chi connectivity index (χ0v) is 16.6. The molecular formula is C22H21F2N5O2.